The molecular formula is C18H37NO. The summed E-state index contributed by atoms with van der Waals surface area (Å²) in [4.78, 5) is 0. The third kappa shape index (κ3) is 6.13. The Morgan fingerprint density at radius 3 is 2.45 bits per heavy atom. The smallest absolute Gasteiger partial charge is 0.0549 e. The van der Waals surface area contributed by atoms with Crippen LogP contribution in [-0.2, 0) is 4.74 Å². The summed E-state index contributed by atoms with van der Waals surface area (Å²) in [5.41, 5.74) is 0.493. The second-order valence-electron chi connectivity index (χ2n) is 7.01. The van der Waals surface area contributed by atoms with Gasteiger partial charge in [-0.05, 0) is 63.3 Å². The highest BCUT2D eigenvalue weighted by atomic mass is 16.5. The summed E-state index contributed by atoms with van der Waals surface area (Å²) in [6.45, 7) is 9.13. The predicted octanol–water partition coefficient (Wildman–Crippen LogP) is 4.78. The fourth-order valence-corrected chi connectivity index (χ4v) is 3.75. The summed E-state index contributed by atoms with van der Waals surface area (Å²) in [6.07, 6.45) is 12.7. The molecule has 1 saturated carbocycles. The molecule has 0 amide bonds. The van der Waals surface area contributed by atoms with Crippen molar-refractivity contribution in [2.75, 3.05) is 20.2 Å². The summed E-state index contributed by atoms with van der Waals surface area (Å²) in [7, 11) is 1.85. The molecule has 1 rings (SSSR count). The molecule has 1 N–H and O–H groups in total. The van der Waals surface area contributed by atoms with Gasteiger partial charge in [-0.3, -0.25) is 0 Å². The molecule has 1 aliphatic carbocycles. The minimum Gasteiger partial charge on any atom is -0.382 e. The van der Waals surface area contributed by atoms with Crippen LogP contribution in [-0.4, -0.2) is 26.3 Å². The number of hydrogen-bond acceptors (Lipinski definition) is 2. The third-order valence-electron chi connectivity index (χ3n) is 5.18. The van der Waals surface area contributed by atoms with E-state index in [1.54, 1.807) is 0 Å². The summed E-state index contributed by atoms with van der Waals surface area (Å²) >= 11 is 0. The Kier molecular flexibility index (Phi) is 8.79. The van der Waals surface area contributed by atoms with Crippen LogP contribution in [0.5, 0.6) is 0 Å². The van der Waals surface area contributed by atoms with Crippen molar-refractivity contribution in [1.82, 2.24) is 5.32 Å². The Bertz CT molecular complexity index is 234. The molecule has 0 aromatic rings. The number of methoxy groups -OCH3 is 1. The van der Waals surface area contributed by atoms with Crippen LogP contribution in [0.25, 0.3) is 0 Å². The van der Waals surface area contributed by atoms with Crippen LogP contribution in [0, 0.1) is 11.3 Å². The number of unbranched alkanes of at least 4 members (excludes halogenated alkanes) is 1. The van der Waals surface area contributed by atoms with E-state index in [-0.39, 0.29) is 0 Å². The quantitative estimate of drug-likeness (QED) is 0.583. The third-order valence-corrected chi connectivity index (χ3v) is 5.18. The van der Waals surface area contributed by atoms with E-state index in [1.807, 2.05) is 7.11 Å². The van der Waals surface area contributed by atoms with E-state index >= 15 is 0 Å². The Labute approximate surface area is 127 Å². The Morgan fingerprint density at radius 1 is 1.20 bits per heavy atom. The molecule has 1 aliphatic rings. The molecule has 0 aliphatic heterocycles. The maximum atomic E-state index is 5.55. The van der Waals surface area contributed by atoms with E-state index in [0.717, 1.165) is 12.5 Å². The van der Waals surface area contributed by atoms with Crippen LogP contribution < -0.4 is 5.32 Å². The van der Waals surface area contributed by atoms with E-state index in [2.05, 4.69) is 26.1 Å². The van der Waals surface area contributed by atoms with Crippen LogP contribution in [0.2, 0.25) is 0 Å². The normalized spacial score (nSPS) is 28.5. The summed E-state index contributed by atoms with van der Waals surface area (Å²) < 4.78 is 5.55. The highest BCUT2D eigenvalue weighted by Crippen LogP contribution is 2.43. The monoisotopic (exact) mass is 283 g/mol. The molecule has 2 nitrogen and oxygen atoms in total. The highest BCUT2D eigenvalue weighted by Gasteiger charge is 2.35. The van der Waals surface area contributed by atoms with Gasteiger partial charge in [0, 0.05) is 13.7 Å². The zero-order chi connectivity index (χ0) is 14.8. The zero-order valence-electron chi connectivity index (χ0n) is 14.3. The molecule has 0 radical (unpaired) electrons. The van der Waals surface area contributed by atoms with Crippen LogP contribution >= 0.6 is 0 Å². The van der Waals surface area contributed by atoms with E-state index in [0.29, 0.717) is 11.5 Å². The van der Waals surface area contributed by atoms with Gasteiger partial charge in [-0.1, -0.05) is 33.1 Å². The number of rotatable bonds is 10. The molecule has 0 saturated heterocycles. The van der Waals surface area contributed by atoms with Gasteiger partial charge < -0.3 is 10.1 Å². The standard InChI is InChI=1S/C18H37NO/c1-5-7-8-17-9-11-18(12-10-17,14-16(3)20-4)15-19-13-6-2/h16-17,19H,5-15H2,1-4H3. The van der Waals surface area contributed by atoms with Crippen molar-refractivity contribution in [3.05, 3.63) is 0 Å². The van der Waals surface area contributed by atoms with E-state index in [1.165, 1.54) is 64.3 Å². The van der Waals surface area contributed by atoms with Gasteiger partial charge in [-0.25, -0.2) is 0 Å². The SMILES string of the molecule is CCCCC1CCC(CNCCC)(CC(C)OC)CC1. The minimum atomic E-state index is 0.394. The summed E-state index contributed by atoms with van der Waals surface area (Å²) in [6, 6.07) is 0. The largest absolute Gasteiger partial charge is 0.382 e. The molecule has 0 aromatic heterocycles. The van der Waals surface area contributed by atoms with Gasteiger partial charge in [0.2, 0.25) is 0 Å². The van der Waals surface area contributed by atoms with Crippen molar-refractivity contribution in [2.45, 2.75) is 84.7 Å². The van der Waals surface area contributed by atoms with Gasteiger partial charge in [-0.15, -0.1) is 0 Å². The second-order valence-corrected chi connectivity index (χ2v) is 7.01. The second kappa shape index (κ2) is 9.78. The lowest BCUT2D eigenvalue weighted by Gasteiger charge is -2.42. The Balaban J connectivity index is 2.48. The molecule has 1 unspecified atom stereocenters. The Morgan fingerprint density at radius 2 is 1.90 bits per heavy atom. The highest BCUT2D eigenvalue weighted by molar-refractivity contribution is 4.89. The predicted molar refractivity (Wildman–Crippen MR) is 88.2 cm³/mol. The van der Waals surface area contributed by atoms with Crippen LogP contribution in [0.15, 0.2) is 0 Å². The minimum absolute atomic E-state index is 0.394. The van der Waals surface area contributed by atoms with Crippen molar-refractivity contribution in [2.24, 2.45) is 11.3 Å². The topological polar surface area (TPSA) is 21.3 Å². The van der Waals surface area contributed by atoms with E-state index in [4.69, 9.17) is 4.74 Å². The molecule has 120 valence electrons. The maximum Gasteiger partial charge on any atom is 0.0549 e. The summed E-state index contributed by atoms with van der Waals surface area (Å²) in [5.74, 6) is 0.993. The molecule has 1 fully saturated rings. The first-order chi connectivity index (χ1) is 9.65. The van der Waals surface area contributed by atoms with E-state index in [9.17, 15) is 0 Å². The number of nitrogens with one attached hydrogen (secondary N) is 1. The molecule has 20 heavy (non-hydrogen) atoms. The molecule has 0 aromatic carbocycles. The first-order valence-electron chi connectivity index (χ1n) is 8.89. The number of hydrogen-bond donors (Lipinski definition) is 1. The molecule has 2 heteroatoms. The molecule has 0 bridgehead atoms. The first-order valence-corrected chi connectivity index (χ1v) is 8.89. The van der Waals surface area contributed by atoms with Crippen LogP contribution in [0.1, 0.15) is 78.6 Å². The van der Waals surface area contributed by atoms with Crippen LogP contribution in [0.3, 0.4) is 0 Å². The van der Waals surface area contributed by atoms with Gasteiger partial charge in [-0.2, -0.15) is 0 Å². The lowest BCUT2D eigenvalue weighted by atomic mass is 9.67. The molecule has 0 spiro atoms. The van der Waals surface area contributed by atoms with Crippen molar-refractivity contribution in [3.8, 4) is 0 Å². The average Bonchev–Trinajstić information content (AvgIpc) is 2.47. The van der Waals surface area contributed by atoms with Crippen molar-refractivity contribution >= 4 is 0 Å². The lowest BCUT2D eigenvalue weighted by Crippen LogP contribution is -2.40. The van der Waals surface area contributed by atoms with Gasteiger partial charge >= 0.3 is 0 Å². The van der Waals surface area contributed by atoms with Gasteiger partial charge in [0.25, 0.3) is 0 Å². The van der Waals surface area contributed by atoms with Gasteiger partial charge in [0.15, 0.2) is 0 Å². The summed E-state index contributed by atoms with van der Waals surface area (Å²) in [5, 5.41) is 3.68. The van der Waals surface area contributed by atoms with Gasteiger partial charge in [0.1, 0.15) is 0 Å². The zero-order valence-corrected chi connectivity index (χ0v) is 14.3. The fraction of sp³-hybridized carbons (Fsp3) is 1.00. The van der Waals surface area contributed by atoms with Gasteiger partial charge in [0.05, 0.1) is 6.10 Å². The maximum absolute atomic E-state index is 5.55. The van der Waals surface area contributed by atoms with Crippen molar-refractivity contribution in [3.63, 3.8) is 0 Å². The van der Waals surface area contributed by atoms with Crippen molar-refractivity contribution < 1.29 is 4.74 Å². The van der Waals surface area contributed by atoms with Crippen molar-refractivity contribution in [1.29, 1.82) is 0 Å². The fourth-order valence-electron chi connectivity index (χ4n) is 3.75. The number of ether oxygens (including phenoxy) is 1. The Hall–Kier alpha value is -0.0800. The first kappa shape index (κ1) is 18.0. The molecule has 1 atom stereocenters. The molecule has 0 heterocycles. The molecular weight excluding hydrogens is 246 g/mol. The van der Waals surface area contributed by atoms with Crippen LogP contribution in [0.4, 0.5) is 0 Å². The van der Waals surface area contributed by atoms with E-state index < -0.39 is 0 Å². The lowest BCUT2D eigenvalue weighted by molar-refractivity contribution is 0.0353. The average molecular weight is 284 g/mol.